The topological polar surface area (TPSA) is 136 Å². The van der Waals surface area contributed by atoms with Gasteiger partial charge in [0.25, 0.3) is 0 Å². The number of hydrogen-bond acceptors (Lipinski definition) is 8. The van der Waals surface area contributed by atoms with Gasteiger partial charge in [-0.2, -0.15) is 5.26 Å². The van der Waals surface area contributed by atoms with Gasteiger partial charge < -0.3 is 29.6 Å². The van der Waals surface area contributed by atoms with E-state index in [9.17, 15) is 10.1 Å². The molecule has 2 aliphatic rings. The zero-order chi connectivity index (χ0) is 23.8. The molecule has 2 aliphatic heterocycles. The van der Waals surface area contributed by atoms with Gasteiger partial charge >= 0.3 is 6.09 Å². The summed E-state index contributed by atoms with van der Waals surface area (Å²) in [7, 11) is 1.49. The number of amides is 1. The van der Waals surface area contributed by atoms with E-state index in [-0.39, 0.29) is 22.6 Å². The van der Waals surface area contributed by atoms with Crippen molar-refractivity contribution in [1.82, 2.24) is 15.1 Å². The molecule has 33 heavy (non-hydrogen) atoms. The number of carbonyl (C=O) groups is 1. The highest BCUT2D eigenvalue weighted by Crippen LogP contribution is 2.46. The standard InChI is InChI=1S/C23H27N5O5/c1-23(2,3)19-18-17(14(12-24)20(25)33-21(18)27-26-19)13-5-6-15(16(11-13)30-4)32-22(29)28-7-9-31-10-8-28/h5-6,11,17H,7-10,25H2,1-4H3,(H,26,27)/t17-/m1/s1. The Labute approximate surface area is 191 Å². The Hall–Kier alpha value is -3.71. The summed E-state index contributed by atoms with van der Waals surface area (Å²) in [5, 5.41) is 17.2. The van der Waals surface area contributed by atoms with Crippen LogP contribution < -0.4 is 19.9 Å². The third kappa shape index (κ3) is 4.19. The number of hydrogen-bond donors (Lipinski definition) is 2. The first-order valence-corrected chi connectivity index (χ1v) is 10.6. The molecule has 1 saturated heterocycles. The van der Waals surface area contributed by atoms with Gasteiger partial charge in [-0.1, -0.05) is 26.8 Å². The van der Waals surface area contributed by atoms with Crippen molar-refractivity contribution in [2.75, 3.05) is 33.4 Å². The number of fused-ring (bicyclic) bond motifs is 1. The van der Waals surface area contributed by atoms with Crippen molar-refractivity contribution in [3.63, 3.8) is 0 Å². The van der Waals surface area contributed by atoms with Crippen LogP contribution in [0, 0.1) is 11.3 Å². The minimum Gasteiger partial charge on any atom is -0.493 e. The van der Waals surface area contributed by atoms with Gasteiger partial charge in [-0.05, 0) is 17.7 Å². The molecule has 2 aromatic rings. The fourth-order valence-corrected chi connectivity index (χ4v) is 4.00. The normalized spacial score (nSPS) is 18.3. The van der Waals surface area contributed by atoms with Gasteiger partial charge in [0.15, 0.2) is 11.5 Å². The zero-order valence-electron chi connectivity index (χ0n) is 19.1. The summed E-state index contributed by atoms with van der Waals surface area (Å²) < 4.78 is 22.0. The second kappa shape index (κ2) is 8.67. The van der Waals surface area contributed by atoms with E-state index in [1.54, 1.807) is 23.1 Å². The Kier molecular flexibility index (Phi) is 5.91. The highest BCUT2D eigenvalue weighted by atomic mass is 16.6. The van der Waals surface area contributed by atoms with Gasteiger partial charge in [-0.3, -0.25) is 5.10 Å². The van der Waals surface area contributed by atoms with Crippen molar-refractivity contribution >= 4 is 6.09 Å². The van der Waals surface area contributed by atoms with Gasteiger partial charge in [0.2, 0.25) is 11.8 Å². The largest absolute Gasteiger partial charge is 0.493 e. The number of nitrogens with two attached hydrogens (primary N) is 1. The maximum absolute atomic E-state index is 12.5. The van der Waals surface area contributed by atoms with E-state index >= 15 is 0 Å². The molecular formula is C23H27N5O5. The average Bonchev–Trinajstić information content (AvgIpc) is 3.23. The number of methoxy groups -OCH3 is 1. The quantitative estimate of drug-likeness (QED) is 0.724. The van der Waals surface area contributed by atoms with Crippen LogP contribution in [0.2, 0.25) is 0 Å². The fraction of sp³-hybridized carbons (Fsp3) is 0.435. The minimum atomic E-state index is -0.524. The predicted octanol–water partition coefficient (Wildman–Crippen LogP) is 2.76. The number of benzene rings is 1. The van der Waals surface area contributed by atoms with Crippen LogP contribution in [0.4, 0.5) is 4.79 Å². The Morgan fingerprint density at radius 1 is 1.30 bits per heavy atom. The van der Waals surface area contributed by atoms with Crippen molar-refractivity contribution in [3.05, 3.63) is 46.5 Å². The molecule has 174 valence electrons. The first kappa shape index (κ1) is 22.5. The summed E-state index contributed by atoms with van der Waals surface area (Å²) in [6, 6.07) is 7.37. The smallest absolute Gasteiger partial charge is 0.415 e. The molecule has 1 aromatic heterocycles. The third-order valence-electron chi connectivity index (χ3n) is 5.68. The van der Waals surface area contributed by atoms with Crippen LogP contribution in [-0.2, 0) is 10.2 Å². The van der Waals surface area contributed by atoms with Gasteiger partial charge in [0.1, 0.15) is 11.6 Å². The van der Waals surface area contributed by atoms with E-state index in [1.165, 1.54) is 7.11 Å². The summed E-state index contributed by atoms with van der Waals surface area (Å²) in [5.41, 5.74) is 8.36. The maximum atomic E-state index is 12.5. The Morgan fingerprint density at radius 2 is 2.03 bits per heavy atom. The van der Waals surface area contributed by atoms with Gasteiger partial charge in [0.05, 0.1) is 31.8 Å². The Balaban J connectivity index is 1.73. The summed E-state index contributed by atoms with van der Waals surface area (Å²) in [6.07, 6.45) is -0.468. The van der Waals surface area contributed by atoms with E-state index in [2.05, 4.69) is 16.3 Å². The fourth-order valence-electron chi connectivity index (χ4n) is 4.00. The van der Waals surface area contributed by atoms with Crippen LogP contribution in [0.1, 0.15) is 43.5 Å². The molecule has 1 atom stereocenters. The van der Waals surface area contributed by atoms with Crippen LogP contribution in [-0.4, -0.2) is 54.6 Å². The highest BCUT2D eigenvalue weighted by Gasteiger charge is 2.38. The SMILES string of the molecule is COc1cc([C@@H]2C(C#N)=C(N)Oc3n[nH]c(C(C)(C)C)c32)ccc1OC(=O)N1CCOCC1. The van der Waals surface area contributed by atoms with E-state index in [0.717, 1.165) is 16.8 Å². The molecule has 1 aromatic carbocycles. The lowest BCUT2D eigenvalue weighted by Gasteiger charge is -2.28. The van der Waals surface area contributed by atoms with Crippen LogP contribution in [0.5, 0.6) is 17.4 Å². The number of allylic oxidation sites excluding steroid dienone is 1. The molecule has 3 N–H and O–H groups in total. The molecule has 0 unspecified atom stereocenters. The molecule has 0 saturated carbocycles. The molecule has 10 heteroatoms. The van der Waals surface area contributed by atoms with Gasteiger partial charge in [0, 0.05) is 24.2 Å². The summed E-state index contributed by atoms with van der Waals surface area (Å²) >= 11 is 0. The number of H-pyrrole nitrogens is 1. The molecule has 0 aliphatic carbocycles. The maximum Gasteiger partial charge on any atom is 0.415 e. The lowest BCUT2D eigenvalue weighted by molar-refractivity contribution is 0.0413. The second-order valence-corrected chi connectivity index (χ2v) is 8.87. The van der Waals surface area contributed by atoms with Crippen molar-refractivity contribution < 1.29 is 23.7 Å². The molecule has 0 radical (unpaired) electrons. The van der Waals surface area contributed by atoms with Crippen LogP contribution >= 0.6 is 0 Å². The molecule has 0 bridgehead atoms. The molecule has 0 spiro atoms. The third-order valence-corrected chi connectivity index (χ3v) is 5.68. The summed E-state index contributed by atoms with van der Waals surface area (Å²) in [4.78, 5) is 14.1. The van der Waals surface area contributed by atoms with Crippen LogP contribution in [0.15, 0.2) is 29.7 Å². The van der Waals surface area contributed by atoms with Crippen LogP contribution in [0.3, 0.4) is 0 Å². The minimum absolute atomic E-state index is 0.00347. The zero-order valence-corrected chi connectivity index (χ0v) is 19.1. The first-order valence-electron chi connectivity index (χ1n) is 10.6. The van der Waals surface area contributed by atoms with E-state index < -0.39 is 12.0 Å². The second-order valence-electron chi connectivity index (χ2n) is 8.87. The summed E-state index contributed by atoms with van der Waals surface area (Å²) in [5.74, 6) is 0.458. The molecular weight excluding hydrogens is 426 g/mol. The molecule has 1 fully saturated rings. The average molecular weight is 453 g/mol. The van der Waals surface area contributed by atoms with E-state index in [1.807, 2.05) is 20.8 Å². The molecule has 3 heterocycles. The number of morpholine rings is 1. The number of rotatable bonds is 3. The molecule has 1 amide bonds. The Morgan fingerprint density at radius 3 is 2.67 bits per heavy atom. The monoisotopic (exact) mass is 453 g/mol. The number of nitrogens with zero attached hydrogens (tertiary/aromatic N) is 3. The van der Waals surface area contributed by atoms with Crippen molar-refractivity contribution in [1.29, 1.82) is 5.26 Å². The van der Waals surface area contributed by atoms with E-state index in [0.29, 0.717) is 37.9 Å². The lowest BCUT2D eigenvalue weighted by atomic mass is 9.79. The predicted molar refractivity (Wildman–Crippen MR) is 118 cm³/mol. The number of aromatic nitrogens is 2. The number of nitrogens with one attached hydrogen (secondary N) is 1. The van der Waals surface area contributed by atoms with Gasteiger partial charge in [-0.15, -0.1) is 5.10 Å². The molecule has 10 nitrogen and oxygen atoms in total. The van der Waals surface area contributed by atoms with Crippen molar-refractivity contribution in [2.45, 2.75) is 32.1 Å². The number of nitriles is 1. The van der Waals surface area contributed by atoms with Gasteiger partial charge in [-0.25, -0.2) is 4.79 Å². The van der Waals surface area contributed by atoms with Crippen molar-refractivity contribution in [3.8, 4) is 23.4 Å². The number of carbonyl (C=O) groups excluding carboxylic acids is 1. The van der Waals surface area contributed by atoms with Crippen LogP contribution in [0.25, 0.3) is 0 Å². The first-order chi connectivity index (χ1) is 15.7. The highest BCUT2D eigenvalue weighted by molar-refractivity contribution is 5.72. The number of aromatic amines is 1. The molecule has 4 rings (SSSR count). The lowest BCUT2D eigenvalue weighted by Crippen LogP contribution is -2.42. The Bertz CT molecular complexity index is 1140. The number of ether oxygens (including phenoxy) is 4. The summed E-state index contributed by atoms with van der Waals surface area (Å²) in [6.45, 7) is 8.01. The van der Waals surface area contributed by atoms with Crippen molar-refractivity contribution in [2.24, 2.45) is 5.73 Å². The van der Waals surface area contributed by atoms with E-state index in [4.69, 9.17) is 24.7 Å².